The third-order valence-corrected chi connectivity index (χ3v) is 6.47. The van der Waals surface area contributed by atoms with E-state index in [1.54, 1.807) is 9.80 Å². The van der Waals surface area contributed by atoms with E-state index in [4.69, 9.17) is 13.9 Å². The lowest BCUT2D eigenvalue weighted by Gasteiger charge is -2.33. The first-order chi connectivity index (χ1) is 15.9. The fraction of sp³-hybridized carbons (Fsp3) is 0.538. The second-order valence-corrected chi connectivity index (χ2v) is 9.34. The van der Waals surface area contributed by atoms with Gasteiger partial charge in [-0.1, -0.05) is 25.3 Å². The zero-order valence-electron chi connectivity index (χ0n) is 19.8. The van der Waals surface area contributed by atoms with Gasteiger partial charge in [-0.15, -0.1) is 0 Å². The number of hydrogen-bond acceptors (Lipinski definition) is 5. The van der Waals surface area contributed by atoms with E-state index >= 15 is 0 Å². The molecule has 1 aliphatic heterocycles. The van der Waals surface area contributed by atoms with E-state index < -0.39 is 0 Å². The summed E-state index contributed by atoms with van der Waals surface area (Å²) in [4.78, 5) is 30.3. The molecule has 2 heterocycles. The molecule has 7 nitrogen and oxygen atoms in total. The molecule has 2 aromatic rings. The first-order valence-corrected chi connectivity index (χ1v) is 11.9. The van der Waals surface area contributed by atoms with Gasteiger partial charge in [0.15, 0.2) is 11.5 Å². The van der Waals surface area contributed by atoms with Gasteiger partial charge in [-0.25, -0.2) is 0 Å². The van der Waals surface area contributed by atoms with Gasteiger partial charge < -0.3 is 23.7 Å². The summed E-state index contributed by atoms with van der Waals surface area (Å²) in [6.07, 6.45) is 5.21. The van der Waals surface area contributed by atoms with Crippen LogP contribution in [0.15, 0.2) is 34.7 Å². The maximum atomic E-state index is 13.5. The van der Waals surface area contributed by atoms with Gasteiger partial charge in [0.1, 0.15) is 18.1 Å². The summed E-state index contributed by atoms with van der Waals surface area (Å²) >= 11 is 0. The van der Waals surface area contributed by atoms with Crippen molar-refractivity contribution in [1.29, 1.82) is 0 Å². The van der Waals surface area contributed by atoms with Crippen molar-refractivity contribution < 1.29 is 23.5 Å². The molecule has 1 aromatic heterocycles. The van der Waals surface area contributed by atoms with Gasteiger partial charge in [0.25, 0.3) is 0 Å². The second-order valence-electron chi connectivity index (χ2n) is 9.34. The number of nitrogens with zero attached hydrogens (tertiary/aromatic N) is 2. The number of benzene rings is 1. The van der Waals surface area contributed by atoms with Crippen LogP contribution in [-0.2, 0) is 22.7 Å². The quantitative estimate of drug-likeness (QED) is 0.580. The van der Waals surface area contributed by atoms with E-state index in [0.717, 1.165) is 42.8 Å². The maximum absolute atomic E-state index is 13.5. The Hall–Kier alpha value is -2.96. The molecule has 0 N–H and O–H groups in total. The highest BCUT2D eigenvalue weighted by Crippen LogP contribution is 2.33. The molecular formula is C26H34N2O5. The largest absolute Gasteiger partial charge is 0.464 e. The Labute approximate surface area is 195 Å². The number of carbonyl (C=O) groups excluding carboxylic acids is 2. The van der Waals surface area contributed by atoms with Crippen LogP contribution in [-0.4, -0.2) is 41.0 Å². The molecule has 0 bridgehead atoms. The number of fused-ring (bicyclic) bond motifs is 1. The predicted octanol–water partition coefficient (Wildman–Crippen LogP) is 4.66. The molecule has 2 amide bonds. The van der Waals surface area contributed by atoms with Crippen molar-refractivity contribution in [2.24, 2.45) is 5.92 Å². The van der Waals surface area contributed by atoms with Crippen molar-refractivity contribution in [3.8, 4) is 11.5 Å². The Balaban J connectivity index is 1.51. The van der Waals surface area contributed by atoms with Crippen molar-refractivity contribution in [1.82, 2.24) is 9.80 Å². The van der Waals surface area contributed by atoms with Crippen LogP contribution in [0.1, 0.15) is 63.0 Å². The van der Waals surface area contributed by atoms with Crippen molar-refractivity contribution in [2.75, 3.05) is 13.3 Å². The summed E-state index contributed by atoms with van der Waals surface area (Å²) in [6.45, 7) is 6.84. The SMILES string of the molecule is Cc1ccc(CN(Cc2ccc3c(c2)OCO3)C(=O)CN(C(=O)C2CCCCC2)C(C)C)o1. The molecule has 7 heteroatoms. The second kappa shape index (κ2) is 10.3. The van der Waals surface area contributed by atoms with E-state index in [-0.39, 0.29) is 37.1 Å². The summed E-state index contributed by atoms with van der Waals surface area (Å²) in [6, 6.07) is 9.46. The zero-order valence-corrected chi connectivity index (χ0v) is 19.8. The first kappa shape index (κ1) is 23.2. The molecule has 33 heavy (non-hydrogen) atoms. The molecular weight excluding hydrogens is 420 g/mol. The highest BCUT2D eigenvalue weighted by atomic mass is 16.7. The monoisotopic (exact) mass is 454 g/mol. The Kier molecular flexibility index (Phi) is 7.26. The highest BCUT2D eigenvalue weighted by molar-refractivity contribution is 5.86. The van der Waals surface area contributed by atoms with E-state index in [1.807, 2.05) is 51.1 Å². The van der Waals surface area contributed by atoms with Crippen molar-refractivity contribution in [3.05, 3.63) is 47.4 Å². The number of aryl methyl sites for hydroxylation is 1. The van der Waals surface area contributed by atoms with Gasteiger partial charge in [-0.3, -0.25) is 9.59 Å². The number of carbonyl (C=O) groups is 2. The summed E-state index contributed by atoms with van der Waals surface area (Å²) in [7, 11) is 0. The van der Waals surface area contributed by atoms with Crippen molar-refractivity contribution in [3.63, 3.8) is 0 Å². The van der Waals surface area contributed by atoms with Crippen LogP contribution in [0.5, 0.6) is 11.5 Å². The Morgan fingerprint density at radius 3 is 2.45 bits per heavy atom. The number of hydrogen-bond donors (Lipinski definition) is 0. The lowest BCUT2D eigenvalue weighted by atomic mass is 9.88. The normalized spacial score (nSPS) is 15.6. The molecule has 0 spiro atoms. The van der Waals surface area contributed by atoms with Crippen LogP contribution in [0, 0.1) is 12.8 Å². The molecule has 2 aliphatic rings. The van der Waals surface area contributed by atoms with Gasteiger partial charge in [0.2, 0.25) is 18.6 Å². The average molecular weight is 455 g/mol. The van der Waals surface area contributed by atoms with Crippen molar-refractivity contribution in [2.45, 2.75) is 72.0 Å². The molecule has 0 atom stereocenters. The standard InChI is InChI=1S/C26H34N2O5/c1-18(2)28(26(30)21-7-5-4-6-8-21)16-25(29)27(15-22-11-9-19(3)33-22)14-20-10-12-23-24(13-20)32-17-31-23/h9-13,18,21H,4-8,14-17H2,1-3H3. The van der Waals surface area contributed by atoms with Crippen LogP contribution in [0.2, 0.25) is 0 Å². The van der Waals surface area contributed by atoms with Crippen LogP contribution in [0.25, 0.3) is 0 Å². The number of amides is 2. The number of ether oxygens (including phenoxy) is 2. The summed E-state index contributed by atoms with van der Waals surface area (Å²) < 4.78 is 16.7. The molecule has 1 aromatic carbocycles. The van der Waals surface area contributed by atoms with Crippen LogP contribution in [0.4, 0.5) is 0 Å². The minimum absolute atomic E-state index is 0.0315. The maximum Gasteiger partial charge on any atom is 0.242 e. The molecule has 0 unspecified atom stereocenters. The molecule has 0 radical (unpaired) electrons. The van der Waals surface area contributed by atoms with Crippen molar-refractivity contribution >= 4 is 11.8 Å². The van der Waals surface area contributed by atoms with Crippen LogP contribution < -0.4 is 9.47 Å². The van der Waals surface area contributed by atoms with Gasteiger partial charge in [-0.2, -0.15) is 0 Å². The topological polar surface area (TPSA) is 72.2 Å². The highest BCUT2D eigenvalue weighted by Gasteiger charge is 2.30. The van der Waals surface area contributed by atoms with E-state index in [1.165, 1.54) is 6.42 Å². The van der Waals surface area contributed by atoms with E-state index in [9.17, 15) is 9.59 Å². The fourth-order valence-electron chi connectivity index (χ4n) is 4.59. The number of furan rings is 1. The molecule has 0 saturated heterocycles. The third kappa shape index (κ3) is 5.70. The predicted molar refractivity (Wildman–Crippen MR) is 124 cm³/mol. The van der Waals surface area contributed by atoms with Gasteiger partial charge in [0, 0.05) is 18.5 Å². The fourth-order valence-corrected chi connectivity index (χ4v) is 4.59. The molecule has 178 valence electrons. The van der Waals surface area contributed by atoms with Gasteiger partial charge in [-0.05, 0) is 63.4 Å². The zero-order chi connectivity index (χ0) is 23.4. The Bertz CT molecular complexity index is 977. The van der Waals surface area contributed by atoms with Crippen LogP contribution in [0.3, 0.4) is 0 Å². The average Bonchev–Trinajstić information content (AvgIpc) is 3.45. The Morgan fingerprint density at radius 2 is 1.76 bits per heavy atom. The number of rotatable bonds is 8. The molecule has 4 rings (SSSR count). The summed E-state index contributed by atoms with van der Waals surface area (Å²) in [5.41, 5.74) is 0.936. The first-order valence-electron chi connectivity index (χ1n) is 11.9. The van der Waals surface area contributed by atoms with Crippen LogP contribution >= 0.6 is 0 Å². The summed E-state index contributed by atoms with van der Waals surface area (Å²) in [5, 5.41) is 0. The lowest BCUT2D eigenvalue weighted by molar-refractivity contribution is -0.146. The van der Waals surface area contributed by atoms with Gasteiger partial charge in [0.05, 0.1) is 6.54 Å². The molecule has 1 fully saturated rings. The summed E-state index contributed by atoms with van der Waals surface area (Å²) in [5.74, 6) is 2.96. The minimum Gasteiger partial charge on any atom is -0.464 e. The van der Waals surface area contributed by atoms with E-state index in [0.29, 0.717) is 24.6 Å². The smallest absolute Gasteiger partial charge is 0.242 e. The minimum atomic E-state index is -0.0976. The lowest BCUT2D eigenvalue weighted by Crippen LogP contribution is -2.47. The molecule has 1 saturated carbocycles. The van der Waals surface area contributed by atoms with Gasteiger partial charge >= 0.3 is 0 Å². The Morgan fingerprint density at radius 1 is 1.00 bits per heavy atom. The third-order valence-electron chi connectivity index (χ3n) is 6.47. The van der Waals surface area contributed by atoms with E-state index in [2.05, 4.69) is 0 Å². The molecule has 1 aliphatic carbocycles.